The molecule has 0 aliphatic heterocycles. The minimum absolute atomic E-state index is 0.204. The molecule has 0 unspecified atom stereocenters. The summed E-state index contributed by atoms with van der Waals surface area (Å²) in [5, 5.41) is 0. The van der Waals surface area contributed by atoms with Crippen molar-refractivity contribution in [2.45, 2.75) is 46.5 Å². The van der Waals surface area contributed by atoms with Gasteiger partial charge in [0, 0.05) is 5.92 Å². The number of ether oxygens (including phenoxy) is 1. The second-order valence-electron chi connectivity index (χ2n) is 6.14. The highest BCUT2D eigenvalue weighted by Gasteiger charge is 2.16. The largest absolute Gasteiger partial charge is 0.497 e. The summed E-state index contributed by atoms with van der Waals surface area (Å²) in [5.41, 5.74) is 1.31. The first-order valence-corrected chi connectivity index (χ1v) is 7.65. The van der Waals surface area contributed by atoms with Crippen LogP contribution >= 0.6 is 0 Å². The first-order valence-electron chi connectivity index (χ1n) is 7.65. The standard InChI is InChI=1S/C18H28O2/c1-14(2)5-10-17(13-19)15(3)6-7-16-8-11-18(20-4)12-9-16/h8-9,11-15,17H,5-7,10H2,1-4H3/t15-,17+/m0/s1. The third-order valence-corrected chi connectivity index (χ3v) is 4.03. The SMILES string of the molecule is COc1ccc(CC[C@H](C)[C@@H](C=O)CCC(C)C)cc1. The van der Waals surface area contributed by atoms with E-state index < -0.39 is 0 Å². The third-order valence-electron chi connectivity index (χ3n) is 4.03. The molecule has 1 aromatic carbocycles. The van der Waals surface area contributed by atoms with Crippen molar-refractivity contribution in [1.82, 2.24) is 0 Å². The highest BCUT2D eigenvalue weighted by atomic mass is 16.5. The predicted molar refractivity (Wildman–Crippen MR) is 84.1 cm³/mol. The zero-order chi connectivity index (χ0) is 15.0. The maximum Gasteiger partial charge on any atom is 0.123 e. The van der Waals surface area contributed by atoms with Gasteiger partial charge in [0.15, 0.2) is 0 Å². The molecule has 0 heterocycles. The quantitative estimate of drug-likeness (QED) is 0.620. The van der Waals surface area contributed by atoms with Crippen LogP contribution in [0, 0.1) is 17.8 Å². The number of rotatable bonds is 9. The Bertz CT molecular complexity index is 381. The van der Waals surface area contributed by atoms with Crippen molar-refractivity contribution in [1.29, 1.82) is 0 Å². The van der Waals surface area contributed by atoms with E-state index in [9.17, 15) is 4.79 Å². The summed E-state index contributed by atoms with van der Waals surface area (Å²) in [6.07, 6.45) is 5.40. The first-order chi connectivity index (χ1) is 9.56. The van der Waals surface area contributed by atoms with Gasteiger partial charge in [0.25, 0.3) is 0 Å². The topological polar surface area (TPSA) is 26.3 Å². The number of aldehydes is 1. The van der Waals surface area contributed by atoms with Crippen LogP contribution in [0.3, 0.4) is 0 Å². The Hall–Kier alpha value is -1.31. The molecule has 0 aliphatic carbocycles. The lowest BCUT2D eigenvalue weighted by atomic mass is 9.85. The minimum atomic E-state index is 0.204. The summed E-state index contributed by atoms with van der Waals surface area (Å²) < 4.78 is 5.16. The molecule has 112 valence electrons. The molecule has 1 aromatic rings. The Morgan fingerprint density at radius 2 is 1.70 bits per heavy atom. The van der Waals surface area contributed by atoms with Gasteiger partial charge in [0.1, 0.15) is 12.0 Å². The second kappa shape index (κ2) is 8.78. The number of hydrogen-bond acceptors (Lipinski definition) is 2. The molecule has 0 aliphatic rings. The second-order valence-corrected chi connectivity index (χ2v) is 6.14. The smallest absolute Gasteiger partial charge is 0.123 e. The number of methoxy groups -OCH3 is 1. The lowest BCUT2D eigenvalue weighted by molar-refractivity contribution is -0.112. The highest BCUT2D eigenvalue weighted by Crippen LogP contribution is 2.23. The van der Waals surface area contributed by atoms with Crippen LogP contribution in [0.1, 0.15) is 45.6 Å². The van der Waals surface area contributed by atoms with Crippen LogP contribution in [0.4, 0.5) is 0 Å². The summed E-state index contributed by atoms with van der Waals surface area (Å²) in [5.74, 6) is 2.22. The summed E-state index contributed by atoms with van der Waals surface area (Å²) in [7, 11) is 1.68. The van der Waals surface area contributed by atoms with Gasteiger partial charge in [-0.3, -0.25) is 0 Å². The van der Waals surface area contributed by atoms with Crippen molar-refractivity contribution in [3.8, 4) is 5.75 Å². The Morgan fingerprint density at radius 3 is 2.20 bits per heavy atom. The fourth-order valence-electron chi connectivity index (χ4n) is 2.41. The molecule has 0 fully saturated rings. The molecule has 2 atom stereocenters. The number of carbonyl (C=O) groups is 1. The molecule has 2 nitrogen and oxygen atoms in total. The van der Waals surface area contributed by atoms with Crippen LogP contribution in [0.2, 0.25) is 0 Å². The normalized spacial score (nSPS) is 14.1. The van der Waals surface area contributed by atoms with Gasteiger partial charge in [-0.15, -0.1) is 0 Å². The fraction of sp³-hybridized carbons (Fsp3) is 0.611. The molecular formula is C18H28O2. The van der Waals surface area contributed by atoms with E-state index in [-0.39, 0.29) is 5.92 Å². The van der Waals surface area contributed by atoms with Crippen LogP contribution in [-0.4, -0.2) is 13.4 Å². The van der Waals surface area contributed by atoms with E-state index in [4.69, 9.17) is 4.74 Å². The zero-order valence-electron chi connectivity index (χ0n) is 13.3. The van der Waals surface area contributed by atoms with E-state index in [1.165, 1.54) is 5.56 Å². The van der Waals surface area contributed by atoms with E-state index in [2.05, 4.69) is 32.9 Å². The summed E-state index contributed by atoms with van der Waals surface area (Å²) in [6.45, 7) is 6.62. The number of aryl methyl sites for hydroxylation is 1. The maximum absolute atomic E-state index is 11.2. The fourth-order valence-corrected chi connectivity index (χ4v) is 2.41. The molecule has 0 aromatic heterocycles. The molecule has 0 saturated heterocycles. The Labute approximate surface area is 123 Å². The van der Waals surface area contributed by atoms with Gasteiger partial charge in [0.2, 0.25) is 0 Å². The van der Waals surface area contributed by atoms with E-state index in [0.717, 1.165) is 37.7 Å². The van der Waals surface area contributed by atoms with Gasteiger partial charge in [-0.05, 0) is 48.8 Å². The van der Waals surface area contributed by atoms with Gasteiger partial charge < -0.3 is 9.53 Å². The van der Waals surface area contributed by atoms with Crippen LogP contribution in [-0.2, 0) is 11.2 Å². The average molecular weight is 276 g/mol. The molecule has 1 rings (SSSR count). The van der Waals surface area contributed by atoms with Crippen molar-refractivity contribution in [3.63, 3.8) is 0 Å². The van der Waals surface area contributed by atoms with E-state index in [1.54, 1.807) is 7.11 Å². The van der Waals surface area contributed by atoms with Crippen molar-refractivity contribution in [2.75, 3.05) is 7.11 Å². The van der Waals surface area contributed by atoms with Gasteiger partial charge in [-0.2, -0.15) is 0 Å². The maximum atomic E-state index is 11.2. The molecule has 0 saturated carbocycles. The van der Waals surface area contributed by atoms with Crippen LogP contribution in [0.5, 0.6) is 5.75 Å². The summed E-state index contributed by atoms with van der Waals surface area (Å²) in [4.78, 5) is 11.2. The van der Waals surface area contributed by atoms with Crippen molar-refractivity contribution in [3.05, 3.63) is 29.8 Å². The lowest BCUT2D eigenvalue weighted by Crippen LogP contribution is -2.15. The number of hydrogen-bond donors (Lipinski definition) is 0. The molecule has 0 bridgehead atoms. The van der Waals surface area contributed by atoms with Crippen LogP contribution in [0.15, 0.2) is 24.3 Å². The van der Waals surface area contributed by atoms with Gasteiger partial charge in [-0.1, -0.05) is 39.3 Å². The molecule has 20 heavy (non-hydrogen) atoms. The van der Waals surface area contributed by atoms with Crippen molar-refractivity contribution >= 4 is 6.29 Å². The monoisotopic (exact) mass is 276 g/mol. The Kier molecular flexibility index (Phi) is 7.35. The van der Waals surface area contributed by atoms with E-state index in [0.29, 0.717) is 11.8 Å². The zero-order valence-corrected chi connectivity index (χ0v) is 13.3. The van der Waals surface area contributed by atoms with E-state index in [1.807, 2.05) is 12.1 Å². The first kappa shape index (κ1) is 16.7. The molecule has 0 amide bonds. The molecule has 0 spiro atoms. The van der Waals surface area contributed by atoms with Gasteiger partial charge in [0.05, 0.1) is 7.11 Å². The molecule has 2 heteroatoms. The Balaban J connectivity index is 2.43. The lowest BCUT2D eigenvalue weighted by Gasteiger charge is -2.19. The van der Waals surface area contributed by atoms with Crippen LogP contribution < -0.4 is 4.74 Å². The third kappa shape index (κ3) is 5.77. The van der Waals surface area contributed by atoms with E-state index >= 15 is 0 Å². The number of benzene rings is 1. The average Bonchev–Trinajstić information content (AvgIpc) is 2.46. The van der Waals surface area contributed by atoms with Crippen molar-refractivity contribution in [2.24, 2.45) is 17.8 Å². The molecule has 0 radical (unpaired) electrons. The van der Waals surface area contributed by atoms with Gasteiger partial charge >= 0.3 is 0 Å². The highest BCUT2D eigenvalue weighted by molar-refractivity contribution is 5.53. The minimum Gasteiger partial charge on any atom is -0.497 e. The van der Waals surface area contributed by atoms with Crippen molar-refractivity contribution < 1.29 is 9.53 Å². The molecule has 0 N–H and O–H groups in total. The Morgan fingerprint density at radius 1 is 1.05 bits per heavy atom. The molecular weight excluding hydrogens is 248 g/mol. The predicted octanol–water partition coefficient (Wildman–Crippen LogP) is 4.52. The van der Waals surface area contributed by atoms with Gasteiger partial charge in [-0.25, -0.2) is 0 Å². The van der Waals surface area contributed by atoms with Crippen LogP contribution in [0.25, 0.3) is 0 Å². The summed E-state index contributed by atoms with van der Waals surface area (Å²) >= 11 is 0. The number of carbonyl (C=O) groups excluding carboxylic acids is 1. The summed E-state index contributed by atoms with van der Waals surface area (Å²) in [6, 6.07) is 8.21.